The van der Waals surface area contributed by atoms with Crippen molar-refractivity contribution in [2.75, 3.05) is 32.9 Å². The zero-order chi connectivity index (χ0) is 29.1. The Morgan fingerprint density at radius 1 is 0.881 bits per heavy atom. The summed E-state index contributed by atoms with van der Waals surface area (Å²) in [6.07, 6.45) is 0.613. The molecule has 0 aromatic heterocycles. The highest BCUT2D eigenvalue weighted by atomic mass is 32.2. The van der Waals surface area contributed by atoms with Gasteiger partial charge in [-0.2, -0.15) is 12.8 Å². The van der Waals surface area contributed by atoms with Crippen molar-refractivity contribution in [2.24, 2.45) is 4.36 Å². The lowest BCUT2D eigenvalue weighted by Crippen LogP contribution is -2.35. The number of amides is 1. The Hall–Kier alpha value is -4.05. The van der Waals surface area contributed by atoms with Crippen molar-refractivity contribution in [1.82, 2.24) is 10.2 Å². The van der Waals surface area contributed by atoms with E-state index in [0.29, 0.717) is 18.6 Å². The fourth-order valence-electron chi connectivity index (χ4n) is 5.26. The summed E-state index contributed by atoms with van der Waals surface area (Å²) < 4.78 is 37.3. The van der Waals surface area contributed by atoms with Crippen LogP contribution in [0.5, 0.6) is 5.75 Å². The Kier molecular flexibility index (Phi) is 10.3. The van der Waals surface area contributed by atoms with Crippen LogP contribution in [0.2, 0.25) is 0 Å². The number of rotatable bonds is 7. The third-order valence-electron chi connectivity index (χ3n) is 7.40. The Morgan fingerprint density at radius 3 is 2.17 bits per heavy atom. The summed E-state index contributed by atoms with van der Waals surface area (Å²) in [6.45, 7) is 4.69. The molecule has 2 atom stereocenters. The molecule has 0 radical (unpaired) electrons. The molecule has 1 saturated heterocycles. The minimum Gasteiger partial charge on any atom is -0.493 e. The first-order valence-electron chi connectivity index (χ1n) is 14.2. The van der Waals surface area contributed by atoms with Gasteiger partial charge in [0.15, 0.2) is 0 Å². The van der Waals surface area contributed by atoms with Crippen LogP contribution in [0.1, 0.15) is 41.6 Å². The Morgan fingerprint density at radius 2 is 1.52 bits per heavy atom. The second-order valence-corrected chi connectivity index (χ2v) is 11.0. The van der Waals surface area contributed by atoms with Gasteiger partial charge in [0, 0.05) is 31.6 Å². The molecule has 1 N–H and O–H groups in total. The molecular weight excluding hydrogens is 550 g/mol. The average molecular weight is 586 g/mol. The number of benzene rings is 4. The lowest BCUT2D eigenvalue weighted by molar-refractivity contribution is -0.122. The summed E-state index contributed by atoms with van der Waals surface area (Å²) in [6, 6.07) is 30.9. The summed E-state index contributed by atoms with van der Waals surface area (Å²) in [5.74, 6) is 0.542. The second kappa shape index (κ2) is 14.7. The molecule has 218 valence electrons. The van der Waals surface area contributed by atoms with E-state index in [1.807, 2.05) is 18.2 Å². The van der Waals surface area contributed by atoms with Crippen LogP contribution < -0.4 is 10.1 Å². The number of morpholine rings is 1. The van der Waals surface area contributed by atoms with E-state index < -0.39 is 16.5 Å². The standard InChI is InChI=1S/C23H27N3O5S.C10H8/c27-23(15-21(25-32(28)29)18-4-2-1-3-5-18)24-20-8-11-31-22-14-17(6-7-19(20)22)16-26-9-12-30-13-10-26;1-2-6-10-8-4-3-7-9(10)5-1/h1-7,14,20-21H,8-13,15-16H2,(H,24,27);1-8H. The molecule has 1 fully saturated rings. The topological polar surface area (TPSA) is 97.3 Å². The summed E-state index contributed by atoms with van der Waals surface area (Å²) in [4.78, 5) is 15.1. The third-order valence-corrected chi connectivity index (χ3v) is 7.82. The number of nitrogens with one attached hydrogen (secondary N) is 1. The smallest absolute Gasteiger partial charge is 0.311 e. The summed E-state index contributed by atoms with van der Waals surface area (Å²) in [7, 11) is -2.60. The average Bonchev–Trinajstić information content (AvgIpc) is 3.02. The van der Waals surface area contributed by atoms with Crippen LogP contribution in [-0.4, -0.2) is 52.1 Å². The van der Waals surface area contributed by atoms with E-state index in [-0.39, 0.29) is 18.4 Å². The van der Waals surface area contributed by atoms with Crippen molar-refractivity contribution >= 4 is 27.2 Å². The first-order valence-corrected chi connectivity index (χ1v) is 15.2. The van der Waals surface area contributed by atoms with Crippen LogP contribution in [0, 0.1) is 0 Å². The van der Waals surface area contributed by atoms with Crippen LogP contribution in [0.15, 0.2) is 101 Å². The van der Waals surface area contributed by atoms with Crippen LogP contribution in [0.4, 0.5) is 0 Å². The van der Waals surface area contributed by atoms with E-state index in [9.17, 15) is 13.2 Å². The fourth-order valence-corrected chi connectivity index (χ4v) is 5.66. The molecule has 0 bridgehead atoms. The number of ether oxygens (including phenoxy) is 2. The lowest BCUT2D eigenvalue weighted by Gasteiger charge is -2.29. The maximum absolute atomic E-state index is 12.8. The number of nitrogens with zero attached hydrogens (tertiary/aromatic N) is 2. The molecule has 42 heavy (non-hydrogen) atoms. The summed E-state index contributed by atoms with van der Waals surface area (Å²) >= 11 is 0. The SMILES string of the molecule is O=C(CC(N=S(=O)=O)c1ccccc1)NC1CCOc2cc(CN3CCOCC3)ccc21.c1ccc2ccccc2c1. The van der Waals surface area contributed by atoms with Crippen molar-refractivity contribution in [2.45, 2.75) is 31.5 Å². The number of hydrogen-bond donors (Lipinski definition) is 1. The molecule has 4 aromatic carbocycles. The highest BCUT2D eigenvalue weighted by Gasteiger charge is 2.25. The van der Waals surface area contributed by atoms with Gasteiger partial charge < -0.3 is 14.8 Å². The molecule has 1 amide bonds. The Balaban J connectivity index is 0.000000295. The van der Waals surface area contributed by atoms with E-state index in [1.54, 1.807) is 24.3 Å². The lowest BCUT2D eigenvalue weighted by atomic mass is 9.97. The van der Waals surface area contributed by atoms with Crippen molar-refractivity contribution < 1.29 is 22.7 Å². The van der Waals surface area contributed by atoms with E-state index >= 15 is 0 Å². The molecule has 0 aliphatic carbocycles. The van der Waals surface area contributed by atoms with Crippen LogP contribution in [0.25, 0.3) is 10.8 Å². The highest BCUT2D eigenvalue weighted by molar-refractivity contribution is 7.61. The molecule has 2 aliphatic heterocycles. The summed E-state index contributed by atoms with van der Waals surface area (Å²) in [5.41, 5.74) is 2.79. The van der Waals surface area contributed by atoms with E-state index in [0.717, 1.165) is 44.2 Å². The molecule has 0 saturated carbocycles. The number of hydrogen-bond acceptors (Lipinski definition) is 7. The van der Waals surface area contributed by atoms with Gasteiger partial charge in [-0.3, -0.25) is 9.69 Å². The first-order chi connectivity index (χ1) is 20.5. The van der Waals surface area contributed by atoms with Crippen LogP contribution in [0.3, 0.4) is 0 Å². The Labute approximate surface area is 248 Å². The largest absolute Gasteiger partial charge is 0.493 e. The third kappa shape index (κ3) is 8.25. The minimum atomic E-state index is -2.60. The van der Waals surface area contributed by atoms with Gasteiger partial charge in [-0.25, -0.2) is 0 Å². The fraction of sp³-hybridized carbons (Fsp3) is 0.303. The maximum Gasteiger partial charge on any atom is 0.311 e. The van der Waals surface area contributed by atoms with Crippen molar-refractivity contribution in [3.05, 3.63) is 114 Å². The van der Waals surface area contributed by atoms with Crippen molar-refractivity contribution in [1.29, 1.82) is 0 Å². The van der Waals surface area contributed by atoms with Gasteiger partial charge in [0.25, 0.3) is 0 Å². The van der Waals surface area contributed by atoms with Crippen LogP contribution >= 0.6 is 0 Å². The van der Waals surface area contributed by atoms with Gasteiger partial charge in [0.2, 0.25) is 5.91 Å². The molecule has 4 aromatic rings. The number of carbonyl (C=O) groups excluding carboxylic acids is 1. The Bertz CT molecular complexity index is 1550. The molecule has 8 nitrogen and oxygen atoms in total. The zero-order valence-electron chi connectivity index (χ0n) is 23.4. The predicted molar refractivity (Wildman–Crippen MR) is 163 cm³/mol. The van der Waals surface area contributed by atoms with Gasteiger partial charge in [-0.1, -0.05) is 91.0 Å². The molecule has 0 spiro atoms. The van der Waals surface area contributed by atoms with E-state index in [4.69, 9.17) is 9.47 Å². The first kappa shape index (κ1) is 29.4. The molecule has 2 heterocycles. The summed E-state index contributed by atoms with van der Waals surface area (Å²) in [5, 5.41) is 5.66. The molecular formula is C33H35N3O5S. The monoisotopic (exact) mass is 585 g/mol. The van der Waals surface area contributed by atoms with E-state index in [1.165, 1.54) is 16.3 Å². The molecule has 9 heteroatoms. The minimum absolute atomic E-state index is 0.0419. The van der Waals surface area contributed by atoms with E-state index in [2.05, 4.69) is 69.2 Å². The van der Waals surface area contributed by atoms with Gasteiger partial charge in [0.1, 0.15) is 11.8 Å². The maximum atomic E-state index is 12.8. The quantitative estimate of drug-likeness (QED) is 0.308. The highest BCUT2D eigenvalue weighted by Crippen LogP contribution is 2.33. The van der Waals surface area contributed by atoms with Gasteiger partial charge in [-0.05, 0) is 28.0 Å². The number of carbonyl (C=O) groups is 1. The molecule has 2 unspecified atom stereocenters. The van der Waals surface area contributed by atoms with Crippen molar-refractivity contribution in [3.8, 4) is 5.75 Å². The zero-order valence-corrected chi connectivity index (χ0v) is 24.2. The molecule has 2 aliphatic rings. The van der Waals surface area contributed by atoms with Crippen LogP contribution in [-0.2, 0) is 26.6 Å². The van der Waals surface area contributed by atoms with Gasteiger partial charge >= 0.3 is 10.5 Å². The normalized spacial score (nSPS) is 17.1. The van der Waals surface area contributed by atoms with Gasteiger partial charge in [0.05, 0.1) is 32.3 Å². The molecule has 6 rings (SSSR count). The predicted octanol–water partition coefficient (Wildman–Crippen LogP) is 5.49. The van der Waals surface area contributed by atoms with Crippen molar-refractivity contribution in [3.63, 3.8) is 0 Å². The second-order valence-electron chi connectivity index (χ2n) is 10.3. The number of fused-ring (bicyclic) bond motifs is 2. The van der Waals surface area contributed by atoms with Gasteiger partial charge in [-0.15, -0.1) is 0 Å².